The lowest BCUT2D eigenvalue weighted by Gasteiger charge is -2.28. The zero-order valence-electron chi connectivity index (χ0n) is 20.0. The maximum absolute atomic E-state index is 14.6. The molecule has 10 heteroatoms. The first-order chi connectivity index (χ1) is 17.2. The molecule has 1 aromatic heterocycles. The minimum absolute atomic E-state index is 0.0802. The summed E-state index contributed by atoms with van der Waals surface area (Å²) in [5.74, 6) is -0.435. The smallest absolute Gasteiger partial charge is 0.261 e. The van der Waals surface area contributed by atoms with Crippen molar-refractivity contribution in [2.75, 3.05) is 30.3 Å². The molecule has 1 unspecified atom stereocenters. The molecule has 3 heterocycles. The number of halogens is 1. The van der Waals surface area contributed by atoms with Crippen molar-refractivity contribution >= 4 is 29.4 Å². The molecule has 0 saturated carbocycles. The van der Waals surface area contributed by atoms with E-state index in [0.717, 1.165) is 11.3 Å². The molecule has 5 rings (SSSR count). The van der Waals surface area contributed by atoms with Crippen LogP contribution < -0.4 is 16.0 Å². The summed E-state index contributed by atoms with van der Waals surface area (Å²) < 4.78 is 14.6. The van der Waals surface area contributed by atoms with Crippen molar-refractivity contribution in [3.8, 4) is 0 Å². The van der Waals surface area contributed by atoms with Gasteiger partial charge in [-0.2, -0.15) is 0 Å². The van der Waals surface area contributed by atoms with Gasteiger partial charge in [0.2, 0.25) is 0 Å². The van der Waals surface area contributed by atoms with E-state index in [2.05, 4.69) is 27.9 Å². The molecule has 188 valence electrons. The number of aliphatic hydroxyl groups is 2. The van der Waals surface area contributed by atoms with Crippen LogP contribution >= 0.6 is 0 Å². The first-order valence-corrected chi connectivity index (χ1v) is 11.8. The summed E-state index contributed by atoms with van der Waals surface area (Å²) in [4.78, 5) is 31.0. The van der Waals surface area contributed by atoms with Crippen LogP contribution in [-0.4, -0.2) is 64.1 Å². The molecule has 0 bridgehead atoms. The van der Waals surface area contributed by atoms with Gasteiger partial charge in [-0.25, -0.2) is 9.37 Å². The lowest BCUT2D eigenvalue weighted by Crippen LogP contribution is -2.30. The third-order valence-corrected chi connectivity index (χ3v) is 6.99. The first-order valence-electron chi connectivity index (χ1n) is 11.8. The van der Waals surface area contributed by atoms with Crippen molar-refractivity contribution in [2.45, 2.75) is 32.5 Å². The fraction of sp³-hybridized carbons (Fsp3) is 0.346. The monoisotopic (exact) mass is 493 g/mol. The number of benzene rings is 1. The van der Waals surface area contributed by atoms with E-state index in [4.69, 9.17) is 0 Å². The summed E-state index contributed by atoms with van der Waals surface area (Å²) in [6.07, 6.45) is 3.23. The lowest BCUT2D eigenvalue weighted by molar-refractivity contribution is 0.0572. The predicted octanol–water partition coefficient (Wildman–Crippen LogP) is 2.46. The van der Waals surface area contributed by atoms with Gasteiger partial charge in [-0.3, -0.25) is 14.5 Å². The molecule has 1 fully saturated rings. The van der Waals surface area contributed by atoms with Gasteiger partial charge < -0.3 is 26.2 Å². The number of fused-ring (bicyclic) bond motifs is 1. The molecule has 3 aliphatic rings. The molecule has 5 N–H and O–H groups in total. The van der Waals surface area contributed by atoms with E-state index >= 15 is 0 Å². The Morgan fingerprint density at radius 3 is 2.69 bits per heavy atom. The minimum Gasteiger partial charge on any atom is -0.389 e. The van der Waals surface area contributed by atoms with Crippen molar-refractivity contribution in [1.82, 2.24) is 15.2 Å². The summed E-state index contributed by atoms with van der Waals surface area (Å²) in [6, 6.07) is 4.27. The van der Waals surface area contributed by atoms with Crippen LogP contribution in [0.2, 0.25) is 0 Å². The van der Waals surface area contributed by atoms with E-state index < -0.39 is 23.9 Å². The second kappa shape index (κ2) is 9.45. The maximum atomic E-state index is 14.6. The highest BCUT2D eigenvalue weighted by Gasteiger charge is 2.33. The molecule has 36 heavy (non-hydrogen) atoms. The van der Waals surface area contributed by atoms with Gasteiger partial charge >= 0.3 is 0 Å². The van der Waals surface area contributed by atoms with Crippen molar-refractivity contribution < 1.29 is 24.2 Å². The molecule has 1 amide bonds. The molecule has 3 atom stereocenters. The predicted molar refractivity (Wildman–Crippen MR) is 132 cm³/mol. The molecule has 0 spiro atoms. The highest BCUT2D eigenvalue weighted by atomic mass is 19.1. The first kappa shape index (κ1) is 24.1. The number of carbonyl (C=O) groups is 2. The molecular weight excluding hydrogens is 465 g/mol. The number of rotatable bonds is 5. The second-order valence-corrected chi connectivity index (χ2v) is 9.64. The number of allylic oxidation sites excluding steroid dienone is 2. The molecule has 1 aliphatic carbocycles. The second-order valence-electron chi connectivity index (χ2n) is 9.64. The van der Waals surface area contributed by atoms with E-state index in [-0.39, 0.29) is 17.2 Å². The number of aromatic nitrogens is 1. The van der Waals surface area contributed by atoms with Gasteiger partial charge in [0.05, 0.1) is 29.3 Å². The number of hydrogen-bond donors (Lipinski definition) is 5. The van der Waals surface area contributed by atoms with Gasteiger partial charge in [0, 0.05) is 37.1 Å². The Labute approximate surface area is 207 Å². The normalized spacial score (nSPS) is 23.8. The van der Waals surface area contributed by atoms with Crippen LogP contribution in [0.3, 0.4) is 0 Å². The average molecular weight is 494 g/mol. The minimum atomic E-state index is -0.758. The van der Waals surface area contributed by atoms with Crippen molar-refractivity contribution in [3.05, 3.63) is 69.9 Å². The molecule has 0 radical (unpaired) electrons. The van der Waals surface area contributed by atoms with Crippen LogP contribution in [0.5, 0.6) is 0 Å². The van der Waals surface area contributed by atoms with Crippen LogP contribution in [-0.2, 0) is 0 Å². The van der Waals surface area contributed by atoms with Crippen LogP contribution in [0, 0.1) is 18.7 Å². The number of aliphatic hydroxyl groups excluding tert-OH is 2. The third-order valence-electron chi connectivity index (χ3n) is 6.99. The Morgan fingerprint density at radius 1 is 1.22 bits per heavy atom. The number of likely N-dealkylation sites (tertiary alicyclic amines) is 1. The molecule has 1 saturated heterocycles. The quantitative estimate of drug-likeness (QED) is 0.402. The number of aryl methyl sites for hydroxylation is 1. The van der Waals surface area contributed by atoms with Gasteiger partial charge in [0.1, 0.15) is 23.5 Å². The largest absolute Gasteiger partial charge is 0.389 e. The highest BCUT2D eigenvalue weighted by Crippen LogP contribution is 2.35. The van der Waals surface area contributed by atoms with E-state index in [1.165, 1.54) is 18.3 Å². The van der Waals surface area contributed by atoms with E-state index in [9.17, 15) is 24.2 Å². The van der Waals surface area contributed by atoms with E-state index in [1.807, 2.05) is 11.0 Å². The lowest BCUT2D eigenvalue weighted by atomic mass is 9.89. The van der Waals surface area contributed by atoms with Crippen LogP contribution in [0.15, 0.2) is 47.4 Å². The highest BCUT2D eigenvalue weighted by molar-refractivity contribution is 6.06. The summed E-state index contributed by atoms with van der Waals surface area (Å²) in [5.41, 5.74) is 4.05. The Morgan fingerprint density at radius 2 is 1.97 bits per heavy atom. The van der Waals surface area contributed by atoms with Gasteiger partial charge in [-0.15, -0.1) is 0 Å². The van der Waals surface area contributed by atoms with Crippen LogP contribution in [0.25, 0.3) is 0 Å². The Hall–Kier alpha value is -3.60. The SMILES string of the molecule is Cc1cc(F)c(Nc2ccnc3c2C(=O)NC2=C(CC(C)C(CN4C[C@@H](O)[C@@H](O)C4)=C2)N3)cc1C=O. The molecule has 1 aromatic carbocycles. The van der Waals surface area contributed by atoms with Gasteiger partial charge in [0.25, 0.3) is 5.91 Å². The molecular formula is C26H28FN5O4. The Kier molecular flexibility index (Phi) is 6.33. The maximum Gasteiger partial charge on any atom is 0.261 e. The van der Waals surface area contributed by atoms with Crippen LogP contribution in [0.4, 0.5) is 21.6 Å². The number of hydrogen-bond acceptors (Lipinski definition) is 8. The van der Waals surface area contributed by atoms with Crippen LogP contribution in [0.1, 0.15) is 39.6 Å². The topological polar surface area (TPSA) is 127 Å². The van der Waals surface area contributed by atoms with Gasteiger partial charge in [-0.1, -0.05) is 12.5 Å². The number of aldehydes is 1. The number of carbonyl (C=O) groups excluding carboxylic acids is 2. The van der Waals surface area contributed by atoms with E-state index in [1.54, 1.807) is 13.0 Å². The zero-order chi connectivity index (χ0) is 25.6. The standard InChI is InChI=1S/C26H28FN5O4/c1-13-5-17(27)19(8-16(13)12-33)29-18-3-4-28-25-24(18)26(36)31-21-7-15(14(2)6-20(21)30-25)9-32-10-22(34)23(35)11-32/h3-5,7-8,12,14,22-23,34-35H,6,9-11H2,1-2H3,(H,31,36)(H2,28,29,30)/t14?,22-,23+. The zero-order valence-corrected chi connectivity index (χ0v) is 20.0. The number of amides is 1. The van der Waals surface area contributed by atoms with Crippen molar-refractivity contribution in [1.29, 1.82) is 0 Å². The Bertz CT molecular complexity index is 1300. The molecule has 2 aliphatic heterocycles. The number of pyridine rings is 1. The Balaban J connectivity index is 1.42. The van der Waals surface area contributed by atoms with Crippen molar-refractivity contribution in [2.24, 2.45) is 5.92 Å². The van der Waals surface area contributed by atoms with Gasteiger partial charge in [0.15, 0.2) is 0 Å². The summed E-state index contributed by atoms with van der Waals surface area (Å²) in [5, 5.41) is 28.9. The number of anilines is 3. The molecule has 2 aromatic rings. The summed E-state index contributed by atoms with van der Waals surface area (Å²) in [6.45, 7) is 5.11. The summed E-state index contributed by atoms with van der Waals surface area (Å²) >= 11 is 0. The number of nitrogens with one attached hydrogen (secondary N) is 3. The fourth-order valence-corrected chi connectivity index (χ4v) is 4.90. The van der Waals surface area contributed by atoms with E-state index in [0.29, 0.717) is 60.7 Å². The number of nitrogens with zero attached hydrogens (tertiary/aromatic N) is 2. The molecule has 9 nitrogen and oxygen atoms in total. The fourth-order valence-electron chi connectivity index (χ4n) is 4.90. The summed E-state index contributed by atoms with van der Waals surface area (Å²) in [7, 11) is 0. The van der Waals surface area contributed by atoms with Crippen molar-refractivity contribution in [3.63, 3.8) is 0 Å². The third kappa shape index (κ3) is 4.50. The van der Waals surface area contributed by atoms with Gasteiger partial charge in [-0.05, 0) is 49.1 Å². The average Bonchev–Trinajstić information content (AvgIpc) is 3.07. The number of β-amino-alcohol motifs (C(OH)–C–C–N with tert-alkyl or cyclic N) is 2.